The van der Waals surface area contributed by atoms with Gasteiger partial charge in [-0.2, -0.15) is 0 Å². The third kappa shape index (κ3) is 5.00. The minimum absolute atomic E-state index is 0.0244. The van der Waals surface area contributed by atoms with E-state index >= 15 is 0 Å². The lowest BCUT2D eigenvalue weighted by Gasteiger charge is -2.10. The van der Waals surface area contributed by atoms with Gasteiger partial charge in [-0.3, -0.25) is 10.1 Å². The molecule has 0 saturated carbocycles. The fourth-order valence-electron chi connectivity index (χ4n) is 1.54. The molecule has 1 N–H and O–H groups in total. The van der Waals surface area contributed by atoms with Gasteiger partial charge < -0.3 is 10.2 Å². The highest BCUT2D eigenvalue weighted by Crippen LogP contribution is 2.22. The quantitative estimate of drug-likeness (QED) is 0.470. The summed E-state index contributed by atoms with van der Waals surface area (Å²) < 4.78 is 0. The van der Waals surface area contributed by atoms with Crippen LogP contribution < -0.4 is 5.32 Å². The Morgan fingerprint density at radius 3 is 2.72 bits per heavy atom. The number of rotatable bonds is 7. The van der Waals surface area contributed by atoms with E-state index in [1.807, 2.05) is 14.1 Å². The third-order valence-electron chi connectivity index (χ3n) is 2.52. The van der Waals surface area contributed by atoms with Crippen molar-refractivity contribution in [2.24, 2.45) is 0 Å². The van der Waals surface area contributed by atoms with Crippen molar-refractivity contribution < 1.29 is 4.92 Å². The molecule has 0 atom stereocenters. The van der Waals surface area contributed by atoms with Crippen LogP contribution in [0, 0.1) is 10.1 Å². The van der Waals surface area contributed by atoms with Gasteiger partial charge in [0.05, 0.1) is 9.95 Å². The van der Waals surface area contributed by atoms with Crippen LogP contribution in [0.2, 0.25) is 5.02 Å². The van der Waals surface area contributed by atoms with Crippen molar-refractivity contribution >= 4 is 17.3 Å². The molecule has 100 valence electrons. The van der Waals surface area contributed by atoms with Gasteiger partial charge in [-0.1, -0.05) is 11.6 Å². The molecule has 0 unspecified atom stereocenters. The van der Waals surface area contributed by atoms with E-state index in [1.54, 1.807) is 6.07 Å². The normalized spacial score (nSPS) is 10.9. The van der Waals surface area contributed by atoms with Crippen LogP contribution in [-0.4, -0.2) is 37.0 Å². The number of non-ortho nitro benzene ring substituents is 1. The molecule has 1 aromatic carbocycles. The summed E-state index contributed by atoms with van der Waals surface area (Å²) in [4.78, 5) is 12.2. The summed E-state index contributed by atoms with van der Waals surface area (Å²) in [6, 6.07) is 4.56. The molecular formula is C12H18ClN3O2. The second kappa shape index (κ2) is 7.31. The van der Waals surface area contributed by atoms with Crippen LogP contribution in [0.4, 0.5) is 5.69 Å². The van der Waals surface area contributed by atoms with Gasteiger partial charge in [0.2, 0.25) is 0 Å². The number of hydrogen-bond donors (Lipinski definition) is 1. The highest BCUT2D eigenvalue weighted by Gasteiger charge is 2.08. The fourth-order valence-corrected chi connectivity index (χ4v) is 1.78. The number of nitro benzene ring substituents is 1. The summed E-state index contributed by atoms with van der Waals surface area (Å²) in [6.45, 7) is 2.55. The summed E-state index contributed by atoms with van der Waals surface area (Å²) in [6.07, 6.45) is 1.05. The number of nitrogens with one attached hydrogen (secondary N) is 1. The maximum absolute atomic E-state index is 10.6. The molecule has 5 nitrogen and oxygen atoms in total. The van der Waals surface area contributed by atoms with Gasteiger partial charge >= 0.3 is 0 Å². The Morgan fingerprint density at radius 1 is 1.44 bits per heavy atom. The predicted molar refractivity (Wildman–Crippen MR) is 73.0 cm³/mol. The number of halogens is 1. The summed E-state index contributed by atoms with van der Waals surface area (Å²) >= 11 is 5.98. The molecule has 0 aromatic heterocycles. The zero-order valence-corrected chi connectivity index (χ0v) is 11.4. The van der Waals surface area contributed by atoms with Crippen LogP contribution in [-0.2, 0) is 6.54 Å². The first-order valence-electron chi connectivity index (χ1n) is 5.79. The van der Waals surface area contributed by atoms with Crippen molar-refractivity contribution in [2.45, 2.75) is 13.0 Å². The molecule has 0 bridgehead atoms. The van der Waals surface area contributed by atoms with Crippen LogP contribution >= 0.6 is 11.6 Å². The van der Waals surface area contributed by atoms with Crippen molar-refractivity contribution in [1.29, 1.82) is 0 Å². The van der Waals surface area contributed by atoms with Crippen molar-refractivity contribution in [2.75, 3.05) is 27.2 Å². The van der Waals surface area contributed by atoms with E-state index in [4.69, 9.17) is 11.6 Å². The third-order valence-corrected chi connectivity index (χ3v) is 2.87. The highest BCUT2D eigenvalue weighted by molar-refractivity contribution is 6.31. The number of nitro groups is 1. The second-order valence-corrected chi connectivity index (χ2v) is 4.77. The maximum Gasteiger partial charge on any atom is 0.270 e. The van der Waals surface area contributed by atoms with Crippen molar-refractivity contribution in [3.8, 4) is 0 Å². The Morgan fingerprint density at radius 2 is 2.17 bits per heavy atom. The molecular weight excluding hydrogens is 254 g/mol. The van der Waals surface area contributed by atoms with Gasteiger partial charge in [0.1, 0.15) is 0 Å². The summed E-state index contributed by atoms with van der Waals surface area (Å²) in [5.74, 6) is 0. The largest absolute Gasteiger partial charge is 0.313 e. The molecule has 0 amide bonds. The van der Waals surface area contributed by atoms with Crippen LogP contribution in [0.3, 0.4) is 0 Å². The Hall–Kier alpha value is -1.17. The van der Waals surface area contributed by atoms with Crippen LogP contribution in [0.15, 0.2) is 18.2 Å². The van der Waals surface area contributed by atoms with Crippen LogP contribution in [0.25, 0.3) is 0 Å². The standard InChI is InChI=1S/C12H18ClN3O2/c1-15(2)7-3-6-14-9-10-4-5-11(16(17)18)8-12(10)13/h4-5,8,14H,3,6-7,9H2,1-2H3. The number of benzene rings is 1. The van der Waals surface area contributed by atoms with Crippen molar-refractivity contribution in [3.63, 3.8) is 0 Å². The molecule has 1 aromatic rings. The van der Waals surface area contributed by atoms with Crippen LogP contribution in [0.1, 0.15) is 12.0 Å². The van der Waals surface area contributed by atoms with E-state index in [-0.39, 0.29) is 5.69 Å². The van der Waals surface area contributed by atoms with E-state index in [0.717, 1.165) is 25.1 Å². The van der Waals surface area contributed by atoms with E-state index < -0.39 is 4.92 Å². The lowest BCUT2D eigenvalue weighted by molar-refractivity contribution is -0.384. The SMILES string of the molecule is CN(C)CCCNCc1ccc([N+](=O)[O-])cc1Cl. The van der Waals surface area contributed by atoms with Crippen molar-refractivity contribution in [3.05, 3.63) is 38.9 Å². The van der Waals surface area contributed by atoms with E-state index in [1.165, 1.54) is 12.1 Å². The van der Waals surface area contributed by atoms with Gasteiger partial charge in [-0.15, -0.1) is 0 Å². The minimum Gasteiger partial charge on any atom is -0.313 e. The summed E-state index contributed by atoms with van der Waals surface area (Å²) in [7, 11) is 4.07. The zero-order chi connectivity index (χ0) is 13.5. The Balaban J connectivity index is 2.41. The monoisotopic (exact) mass is 271 g/mol. The molecule has 0 aliphatic rings. The molecule has 0 aliphatic carbocycles. The van der Waals surface area contributed by atoms with Gasteiger partial charge in [0, 0.05) is 18.7 Å². The maximum atomic E-state index is 10.6. The second-order valence-electron chi connectivity index (χ2n) is 4.37. The Kier molecular flexibility index (Phi) is 6.04. The molecule has 0 fully saturated rings. The summed E-state index contributed by atoms with van der Waals surface area (Å²) in [5, 5.41) is 14.3. The molecule has 0 saturated heterocycles. The van der Waals surface area contributed by atoms with Gasteiger partial charge in [-0.05, 0) is 45.2 Å². The summed E-state index contributed by atoms with van der Waals surface area (Å²) in [5.41, 5.74) is 0.906. The average molecular weight is 272 g/mol. The Bertz CT molecular complexity index is 410. The molecule has 6 heteroatoms. The average Bonchev–Trinajstić information content (AvgIpc) is 2.29. The lowest BCUT2D eigenvalue weighted by atomic mass is 10.2. The molecule has 1 rings (SSSR count). The van der Waals surface area contributed by atoms with Gasteiger partial charge in [0.25, 0.3) is 5.69 Å². The van der Waals surface area contributed by atoms with E-state index in [2.05, 4.69) is 10.2 Å². The predicted octanol–water partition coefficient (Wildman–Crippen LogP) is 2.29. The highest BCUT2D eigenvalue weighted by atomic mass is 35.5. The van der Waals surface area contributed by atoms with E-state index in [9.17, 15) is 10.1 Å². The first-order valence-corrected chi connectivity index (χ1v) is 6.17. The smallest absolute Gasteiger partial charge is 0.270 e. The fraction of sp³-hybridized carbons (Fsp3) is 0.500. The lowest BCUT2D eigenvalue weighted by Crippen LogP contribution is -2.21. The topological polar surface area (TPSA) is 58.4 Å². The Labute approximate surface area is 112 Å². The molecule has 0 heterocycles. The molecule has 0 aliphatic heterocycles. The van der Waals surface area contributed by atoms with Gasteiger partial charge in [0.15, 0.2) is 0 Å². The van der Waals surface area contributed by atoms with Crippen molar-refractivity contribution in [1.82, 2.24) is 10.2 Å². The number of hydrogen-bond acceptors (Lipinski definition) is 4. The minimum atomic E-state index is -0.444. The molecule has 18 heavy (non-hydrogen) atoms. The molecule has 0 radical (unpaired) electrons. The first kappa shape index (κ1) is 14.9. The van der Waals surface area contributed by atoms with Gasteiger partial charge in [-0.25, -0.2) is 0 Å². The zero-order valence-electron chi connectivity index (χ0n) is 10.6. The number of nitrogens with zero attached hydrogens (tertiary/aromatic N) is 2. The first-order chi connectivity index (χ1) is 8.50. The van der Waals surface area contributed by atoms with Crippen LogP contribution in [0.5, 0.6) is 0 Å². The van der Waals surface area contributed by atoms with E-state index in [0.29, 0.717) is 11.6 Å². The molecule has 0 spiro atoms.